The van der Waals surface area contributed by atoms with Gasteiger partial charge >= 0.3 is 0 Å². The highest BCUT2D eigenvalue weighted by Gasteiger charge is 2.23. The average molecular weight is 269 g/mol. The number of piperidine rings is 1. The Morgan fingerprint density at radius 2 is 2.22 bits per heavy atom. The van der Waals surface area contributed by atoms with Crippen LogP contribution < -0.4 is 9.62 Å². The molecule has 0 radical (unpaired) electrons. The molecule has 0 aliphatic carbocycles. The van der Waals surface area contributed by atoms with E-state index in [-0.39, 0.29) is 6.04 Å². The van der Waals surface area contributed by atoms with Gasteiger partial charge in [0.2, 0.25) is 10.0 Å². The van der Waals surface area contributed by atoms with Gasteiger partial charge in [-0.05, 0) is 31.9 Å². The molecule has 0 saturated carbocycles. The Morgan fingerprint density at radius 3 is 2.89 bits per heavy atom. The van der Waals surface area contributed by atoms with E-state index in [0.717, 1.165) is 30.9 Å². The highest BCUT2D eigenvalue weighted by atomic mass is 32.2. The molecule has 0 aromatic carbocycles. The van der Waals surface area contributed by atoms with Gasteiger partial charge in [0.25, 0.3) is 0 Å². The van der Waals surface area contributed by atoms with Crippen molar-refractivity contribution in [1.82, 2.24) is 9.71 Å². The van der Waals surface area contributed by atoms with Crippen molar-refractivity contribution < 1.29 is 8.42 Å². The lowest BCUT2D eigenvalue weighted by Gasteiger charge is -2.33. The molecular weight excluding hydrogens is 250 g/mol. The minimum atomic E-state index is -3.13. The Hall–Kier alpha value is -1.14. The number of nitrogens with one attached hydrogen (secondary N) is 1. The predicted octanol–water partition coefficient (Wildman–Crippen LogP) is 0.908. The molecule has 1 atom stereocenters. The second kappa shape index (κ2) is 5.24. The fourth-order valence-electron chi connectivity index (χ4n) is 2.29. The zero-order valence-electron chi connectivity index (χ0n) is 10.8. The van der Waals surface area contributed by atoms with Gasteiger partial charge in [0, 0.05) is 24.8 Å². The number of pyridine rings is 1. The lowest BCUT2D eigenvalue weighted by molar-refractivity contribution is 0.465. The van der Waals surface area contributed by atoms with E-state index in [1.54, 1.807) is 0 Å². The number of nitrogens with zero attached hydrogens (tertiary/aromatic N) is 2. The van der Waals surface area contributed by atoms with Gasteiger partial charge in [-0.3, -0.25) is 0 Å². The Kier molecular flexibility index (Phi) is 3.87. The minimum Gasteiger partial charge on any atom is -0.355 e. The molecule has 100 valence electrons. The molecular formula is C12H19N3O2S. The van der Waals surface area contributed by atoms with Crippen molar-refractivity contribution >= 4 is 15.8 Å². The quantitative estimate of drug-likeness (QED) is 0.886. The number of aromatic nitrogens is 1. The highest BCUT2D eigenvalue weighted by molar-refractivity contribution is 7.88. The summed E-state index contributed by atoms with van der Waals surface area (Å²) in [5.74, 6) is 0.926. The smallest absolute Gasteiger partial charge is 0.209 e. The van der Waals surface area contributed by atoms with Crippen LogP contribution in [0.1, 0.15) is 18.5 Å². The van der Waals surface area contributed by atoms with Crippen molar-refractivity contribution in [2.75, 3.05) is 24.2 Å². The van der Waals surface area contributed by atoms with Crippen LogP contribution in [0.5, 0.6) is 0 Å². The van der Waals surface area contributed by atoms with Gasteiger partial charge in [-0.15, -0.1) is 0 Å². The first-order valence-electron chi connectivity index (χ1n) is 6.10. The fraction of sp³-hybridized carbons (Fsp3) is 0.583. The third-order valence-corrected chi connectivity index (χ3v) is 3.76. The summed E-state index contributed by atoms with van der Waals surface area (Å²) in [4.78, 5) is 6.61. The third kappa shape index (κ3) is 3.68. The molecule has 1 N–H and O–H groups in total. The lowest BCUT2D eigenvalue weighted by Crippen LogP contribution is -2.47. The third-order valence-electron chi connectivity index (χ3n) is 3.00. The van der Waals surface area contributed by atoms with E-state index in [2.05, 4.69) is 14.6 Å². The van der Waals surface area contributed by atoms with Crippen LogP contribution in [0.3, 0.4) is 0 Å². The van der Waals surface area contributed by atoms with Crippen LogP contribution in [0.25, 0.3) is 0 Å². The molecule has 0 bridgehead atoms. The van der Waals surface area contributed by atoms with Crippen molar-refractivity contribution in [2.24, 2.45) is 0 Å². The molecule has 5 nitrogen and oxygen atoms in total. The van der Waals surface area contributed by atoms with Crippen LogP contribution in [0.4, 0.5) is 5.82 Å². The maximum atomic E-state index is 11.3. The van der Waals surface area contributed by atoms with Crippen molar-refractivity contribution in [3.8, 4) is 0 Å². The molecule has 6 heteroatoms. The molecule has 1 aromatic rings. The highest BCUT2D eigenvalue weighted by Crippen LogP contribution is 2.18. The summed E-state index contributed by atoms with van der Waals surface area (Å²) in [6.07, 6.45) is 3.06. The summed E-state index contributed by atoms with van der Waals surface area (Å²) in [5.41, 5.74) is 0.977. The molecule has 1 aromatic heterocycles. The van der Waals surface area contributed by atoms with Crippen LogP contribution in [-0.4, -0.2) is 38.8 Å². The molecule has 1 aliphatic heterocycles. The number of anilines is 1. The standard InChI is InChI=1S/C12H19N3O2S/c1-10-5-3-7-12(13-10)15-8-4-6-11(9-15)14-18(2,16)17/h3,5,7,11,14H,4,6,8-9H2,1-2H3/t11-/m0/s1. The first kappa shape index (κ1) is 13.3. The van der Waals surface area contributed by atoms with Crippen molar-refractivity contribution in [3.05, 3.63) is 23.9 Å². The molecule has 2 heterocycles. The maximum Gasteiger partial charge on any atom is 0.209 e. The predicted molar refractivity (Wildman–Crippen MR) is 72.2 cm³/mol. The average Bonchev–Trinajstić information content (AvgIpc) is 2.27. The maximum absolute atomic E-state index is 11.3. The topological polar surface area (TPSA) is 62.3 Å². The molecule has 2 rings (SSSR count). The molecule has 0 spiro atoms. The van der Waals surface area contributed by atoms with Crippen LogP contribution in [0.2, 0.25) is 0 Å². The number of hydrogen-bond acceptors (Lipinski definition) is 4. The van der Waals surface area contributed by atoms with Crippen LogP contribution in [-0.2, 0) is 10.0 Å². The fourth-order valence-corrected chi connectivity index (χ4v) is 3.09. The van der Waals surface area contributed by atoms with E-state index in [1.807, 2.05) is 25.1 Å². The number of aryl methyl sites for hydroxylation is 1. The van der Waals surface area contributed by atoms with Gasteiger partial charge in [-0.1, -0.05) is 6.07 Å². The zero-order valence-corrected chi connectivity index (χ0v) is 11.6. The molecule has 1 fully saturated rings. The lowest BCUT2D eigenvalue weighted by atomic mass is 10.1. The van der Waals surface area contributed by atoms with Gasteiger partial charge in [0.1, 0.15) is 5.82 Å². The van der Waals surface area contributed by atoms with Crippen molar-refractivity contribution in [1.29, 1.82) is 0 Å². The van der Waals surface area contributed by atoms with E-state index >= 15 is 0 Å². The largest absolute Gasteiger partial charge is 0.355 e. The summed E-state index contributed by atoms with van der Waals surface area (Å²) in [7, 11) is -3.13. The summed E-state index contributed by atoms with van der Waals surface area (Å²) < 4.78 is 25.2. The second-order valence-corrected chi connectivity index (χ2v) is 6.59. The second-order valence-electron chi connectivity index (χ2n) is 4.81. The Bertz CT molecular complexity index is 516. The Balaban J connectivity index is 2.07. The molecule has 0 amide bonds. The van der Waals surface area contributed by atoms with Crippen LogP contribution in [0, 0.1) is 6.92 Å². The van der Waals surface area contributed by atoms with Gasteiger partial charge < -0.3 is 4.90 Å². The van der Waals surface area contributed by atoms with Crippen molar-refractivity contribution in [3.63, 3.8) is 0 Å². The van der Waals surface area contributed by atoms with E-state index < -0.39 is 10.0 Å². The van der Waals surface area contributed by atoms with E-state index in [1.165, 1.54) is 6.26 Å². The number of rotatable bonds is 3. The first-order valence-corrected chi connectivity index (χ1v) is 7.99. The van der Waals surface area contributed by atoms with Gasteiger partial charge in [-0.25, -0.2) is 18.1 Å². The number of sulfonamides is 1. The normalized spacial score (nSPS) is 21.0. The van der Waals surface area contributed by atoms with Crippen molar-refractivity contribution in [2.45, 2.75) is 25.8 Å². The molecule has 0 unspecified atom stereocenters. The number of hydrogen-bond donors (Lipinski definition) is 1. The molecule has 18 heavy (non-hydrogen) atoms. The summed E-state index contributed by atoms with van der Waals surface area (Å²) in [6.45, 7) is 3.57. The van der Waals surface area contributed by atoms with Crippen LogP contribution >= 0.6 is 0 Å². The monoisotopic (exact) mass is 269 g/mol. The van der Waals surface area contributed by atoms with E-state index in [4.69, 9.17) is 0 Å². The minimum absolute atomic E-state index is 0.0175. The zero-order chi connectivity index (χ0) is 13.2. The Morgan fingerprint density at radius 1 is 1.44 bits per heavy atom. The molecule has 1 aliphatic rings. The van der Waals surface area contributed by atoms with Gasteiger partial charge in [-0.2, -0.15) is 0 Å². The summed E-state index contributed by atoms with van der Waals surface area (Å²) in [5, 5.41) is 0. The SMILES string of the molecule is Cc1cccc(N2CCC[C@H](NS(C)(=O)=O)C2)n1. The van der Waals surface area contributed by atoms with E-state index in [0.29, 0.717) is 6.54 Å². The first-order chi connectivity index (χ1) is 8.44. The van der Waals surface area contributed by atoms with E-state index in [9.17, 15) is 8.42 Å². The summed E-state index contributed by atoms with van der Waals surface area (Å²) in [6, 6.07) is 5.89. The van der Waals surface area contributed by atoms with Gasteiger partial charge in [0.05, 0.1) is 6.26 Å². The Labute approximate surface area is 108 Å². The molecule has 1 saturated heterocycles. The summed E-state index contributed by atoms with van der Waals surface area (Å²) >= 11 is 0. The van der Waals surface area contributed by atoms with Crippen LogP contribution in [0.15, 0.2) is 18.2 Å². The van der Waals surface area contributed by atoms with Gasteiger partial charge in [0.15, 0.2) is 0 Å².